The molecule has 0 amide bonds. The van der Waals surface area contributed by atoms with Gasteiger partial charge in [0.15, 0.2) is 5.82 Å². The molecule has 0 saturated heterocycles. The van der Waals surface area contributed by atoms with E-state index in [1.165, 1.54) is 18.5 Å². The predicted molar refractivity (Wildman–Crippen MR) is 101 cm³/mol. The van der Waals surface area contributed by atoms with Crippen LogP contribution >= 0.6 is 0 Å². The first-order chi connectivity index (χ1) is 13.8. The van der Waals surface area contributed by atoms with Gasteiger partial charge in [0.1, 0.15) is 17.5 Å². The number of ketones is 1. The quantitative estimate of drug-likeness (QED) is 0.620. The fourth-order valence-electron chi connectivity index (χ4n) is 3.14. The van der Waals surface area contributed by atoms with Gasteiger partial charge in [0, 0.05) is 23.3 Å². The van der Waals surface area contributed by atoms with Crippen molar-refractivity contribution in [3.63, 3.8) is 0 Å². The summed E-state index contributed by atoms with van der Waals surface area (Å²) in [4.78, 5) is 19.6. The lowest BCUT2D eigenvalue weighted by molar-refractivity contribution is 0.103. The Morgan fingerprint density at radius 3 is 2.72 bits per heavy atom. The second-order valence-corrected chi connectivity index (χ2v) is 8.71. The normalized spacial score (nSPS) is 14.4. The Bertz CT molecular complexity index is 1290. The lowest BCUT2D eigenvalue weighted by atomic mass is 10.0. The maximum atomic E-state index is 15.0. The number of carbonyl (C=O) groups excluding carboxylic acids is 1. The highest BCUT2D eigenvalue weighted by Crippen LogP contribution is 2.31. The highest BCUT2D eigenvalue weighted by atomic mass is 32.2. The number of nitrogens with zero attached hydrogens (tertiary/aromatic N) is 2. The summed E-state index contributed by atoms with van der Waals surface area (Å²) < 4.78 is 56.0. The topological polar surface area (TPSA) is 116 Å². The zero-order valence-corrected chi connectivity index (χ0v) is 15.7. The minimum Gasteiger partial charge on any atom is -0.345 e. The van der Waals surface area contributed by atoms with Crippen LogP contribution in [0.1, 0.15) is 40.7 Å². The first-order valence-electron chi connectivity index (χ1n) is 8.73. The standard InChI is InChI=1S/C19H14F2N4O3S/c20-14-4-5-15(25-29(27,28)11-2-1-3-11)17(21)16(14)18(26)13-9-24-19-12(13)6-10(7-22)8-23-19/h4-6,8-9,11,25H,1-3H2,(H,23,24). The van der Waals surface area contributed by atoms with Crippen LogP contribution in [0.4, 0.5) is 14.5 Å². The predicted octanol–water partition coefficient (Wildman–Crippen LogP) is 3.24. The Kier molecular flexibility index (Phi) is 4.55. The summed E-state index contributed by atoms with van der Waals surface area (Å²) in [7, 11) is -3.83. The van der Waals surface area contributed by atoms with Crippen molar-refractivity contribution in [2.24, 2.45) is 0 Å². The summed E-state index contributed by atoms with van der Waals surface area (Å²) in [5.74, 6) is -3.41. The zero-order valence-electron chi connectivity index (χ0n) is 14.9. The third-order valence-corrected chi connectivity index (χ3v) is 6.82. The van der Waals surface area contributed by atoms with E-state index in [0.29, 0.717) is 12.8 Å². The summed E-state index contributed by atoms with van der Waals surface area (Å²) in [6.07, 6.45) is 4.23. The molecule has 7 nitrogen and oxygen atoms in total. The van der Waals surface area contributed by atoms with E-state index in [2.05, 4.69) is 14.7 Å². The van der Waals surface area contributed by atoms with Crippen molar-refractivity contribution in [3.8, 4) is 6.07 Å². The van der Waals surface area contributed by atoms with Gasteiger partial charge in [-0.25, -0.2) is 22.2 Å². The van der Waals surface area contributed by atoms with Crippen molar-refractivity contribution in [3.05, 3.63) is 58.9 Å². The van der Waals surface area contributed by atoms with Crippen LogP contribution in [0.2, 0.25) is 0 Å². The Hall–Kier alpha value is -3.32. The molecular weight excluding hydrogens is 402 g/mol. The molecule has 0 atom stereocenters. The second-order valence-electron chi connectivity index (χ2n) is 6.75. The molecule has 0 bridgehead atoms. The highest BCUT2D eigenvalue weighted by molar-refractivity contribution is 7.93. The molecule has 0 aliphatic heterocycles. The van der Waals surface area contributed by atoms with Crippen molar-refractivity contribution < 1.29 is 22.0 Å². The van der Waals surface area contributed by atoms with Crippen LogP contribution in [0, 0.1) is 23.0 Å². The fourth-order valence-corrected chi connectivity index (χ4v) is 4.73. The van der Waals surface area contributed by atoms with Crippen LogP contribution in [0.25, 0.3) is 11.0 Å². The van der Waals surface area contributed by atoms with Gasteiger partial charge in [-0.15, -0.1) is 0 Å². The number of H-pyrrole nitrogens is 1. The van der Waals surface area contributed by atoms with Gasteiger partial charge < -0.3 is 4.98 Å². The number of hydrogen-bond donors (Lipinski definition) is 2. The summed E-state index contributed by atoms with van der Waals surface area (Å²) in [5, 5.41) is 8.61. The number of aromatic nitrogens is 2. The van der Waals surface area contributed by atoms with Gasteiger partial charge in [0.25, 0.3) is 0 Å². The molecule has 1 aliphatic carbocycles. The zero-order chi connectivity index (χ0) is 20.8. The molecule has 2 heterocycles. The van der Waals surface area contributed by atoms with E-state index >= 15 is 0 Å². The van der Waals surface area contributed by atoms with Crippen molar-refractivity contribution in [2.75, 3.05) is 4.72 Å². The first-order valence-corrected chi connectivity index (χ1v) is 10.3. The Morgan fingerprint density at radius 2 is 2.07 bits per heavy atom. The molecule has 0 radical (unpaired) electrons. The number of pyridine rings is 1. The van der Waals surface area contributed by atoms with Gasteiger partial charge in [-0.1, -0.05) is 6.42 Å². The number of nitrogens with one attached hydrogen (secondary N) is 2. The van der Waals surface area contributed by atoms with Crippen LogP contribution in [0.3, 0.4) is 0 Å². The van der Waals surface area contributed by atoms with Gasteiger partial charge >= 0.3 is 0 Å². The molecule has 0 spiro atoms. The number of hydrogen-bond acceptors (Lipinski definition) is 5. The van der Waals surface area contributed by atoms with E-state index in [1.54, 1.807) is 0 Å². The van der Waals surface area contributed by atoms with E-state index < -0.39 is 43.9 Å². The van der Waals surface area contributed by atoms with Gasteiger partial charge in [-0.2, -0.15) is 5.26 Å². The minimum atomic E-state index is -3.83. The Balaban J connectivity index is 1.77. The fraction of sp³-hybridized carbons (Fsp3) is 0.211. The molecule has 1 aromatic carbocycles. The van der Waals surface area contributed by atoms with E-state index in [4.69, 9.17) is 5.26 Å². The van der Waals surface area contributed by atoms with Crippen molar-refractivity contribution >= 4 is 32.5 Å². The van der Waals surface area contributed by atoms with Crippen molar-refractivity contribution in [2.45, 2.75) is 24.5 Å². The van der Waals surface area contributed by atoms with Crippen LogP contribution < -0.4 is 4.72 Å². The smallest absolute Gasteiger partial charge is 0.235 e. The number of rotatable bonds is 5. The van der Waals surface area contributed by atoms with Crippen LogP contribution in [0.15, 0.2) is 30.6 Å². The average molecular weight is 416 g/mol. The van der Waals surface area contributed by atoms with Gasteiger partial charge in [0.2, 0.25) is 15.8 Å². The maximum absolute atomic E-state index is 15.0. The number of sulfonamides is 1. The van der Waals surface area contributed by atoms with Crippen molar-refractivity contribution in [1.29, 1.82) is 5.26 Å². The Morgan fingerprint density at radius 1 is 1.31 bits per heavy atom. The molecule has 3 aromatic rings. The monoisotopic (exact) mass is 416 g/mol. The van der Waals surface area contributed by atoms with Crippen molar-refractivity contribution in [1.82, 2.24) is 9.97 Å². The number of nitriles is 1. The maximum Gasteiger partial charge on any atom is 0.235 e. The van der Waals surface area contributed by atoms with E-state index in [9.17, 15) is 22.0 Å². The lowest BCUT2D eigenvalue weighted by Crippen LogP contribution is -2.33. The number of anilines is 1. The molecular formula is C19H14F2N4O3S. The highest BCUT2D eigenvalue weighted by Gasteiger charge is 2.33. The number of benzene rings is 1. The SMILES string of the molecule is N#Cc1cnc2[nH]cc(C(=O)c3c(F)ccc(NS(=O)(=O)C4CCC4)c3F)c2c1. The van der Waals surface area contributed by atoms with Gasteiger partial charge in [-0.05, 0) is 31.0 Å². The van der Waals surface area contributed by atoms with Gasteiger partial charge in [-0.3, -0.25) is 9.52 Å². The van der Waals surface area contributed by atoms with E-state index in [1.807, 2.05) is 6.07 Å². The van der Waals surface area contributed by atoms with E-state index in [-0.39, 0.29) is 22.2 Å². The molecule has 148 valence electrons. The molecule has 29 heavy (non-hydrogen) atoms. The average Bonchev–Trinajstić information content (AvgIpc) is 3.05. The summed E-state index contributed by atoms with van der Waals surface area (Å²) in [5.41, 5.74) is -1.01. The van der Waals surface area contributed by atoms with Crippen LogP contribution in [0.5, 0.6) is 0 Å². The van der Waals surface area contributed by atoms with Gasteiger partial charge in [0.05, 0.1) is 22.1 Å². The number of fused-ring (bicyclic) bond motifs is 1. The first kappa shape index (κ1) is 19.0. The second kappa shape index (κ2) is 6.93. The number of carbonyl (C=O) groups is 1. The largest absolute Gasteiger partial charge is 0.345 e. The molecule has 1 saturated carbocycles. The third kappa shape index (κ3) is 3.23. The molecule has 4 rings (SSSR count). The molecule has 10 heteroatoms. The summed E-state index contributed by atoms with van der Waals surface area (Å²) in [6.45, 7) is 0. The van der Waals surface area contributed by atoms with E-state index in [0.717, 1.165) is 18.6 Å². The summed E-state index contributed by atoms with van der Waals surface area (Å²) in [6, 6.07) is 5.04. The molecule has 1 fully saturated rings. The van der Waals surface area contributed by atoms with Crippen LogP contribution in [-0.4, -0.2) is 29.4 Å². The summed E-state index contributed by atoms with van der Waals surface area (Å²) >= 11 is 0. The lowest BCUT2D eigenvalue weighted by Gasteiger charge is -2.25. The molecule has 0 unspecified atom stereocenters. The minimum absolute atomic E-state index is 0.0820. The molecule has 2 N–H and O–H groups in total. The molecule has 2 aromatic heterocycles. The number of aromatic amines is 1. The number of halogens is 2. The van der Waals surface area contributed by atoms with Crippen LogP contribution in [-0.2, 0) is 10.0 Å². The Labute approximate surface area is 164 Å². The molecule has 1 aliphatic rings. The third-order valence-electron chi connectivity index (χ3n) is 4.97.